The summed E-state index contributed by atoms with van der Waals surface area (Å²) in [6.45, 7) is 8.23. The third-order valence-electron chi connectivity index (χ3n) is 2.92. The molecule has 2 nitrogen and oxygen atoms in total. The van der Waals surface area contributed by atoms with E-state index in [4.69, 9.17) is 0 Å². The summed E-state index contributed by atoms with van der Waals surface area (Å²) < 4.78 is 0. The first-order valence-electron chi connectivity index (χ1n) is 5.64. The van der Waals surface area contributed by atoms with E-state index in [0.29, 0.717) is 0 Å². The molecular formula is C13H18N2. The van der Waals surface area contributed by atoms with Crippen molar-refractivity contribution in [1.29, 1.82) is 0 Å². The second-order valence-corrected chi connectivity index (χ2v) is 4.23. The summed E-state index contributed by atoms with van der Waals surface area (Å²) >= 11 is 0. The number of piperidine rings is 1. The molecule has 1 aliphatic rings. The molecule has 0 aromatic carbocycles. The van der Waals surface area contributed by atoms with Crippen LogP contribution in [0.15, 0.2) is 24.9 Å². The van der Waals surface area contributed by atoms with Gasteiger partial charge in [0.15, 0.2) is 0 Å². The minimum atomic E-state index is 1.08. The smallest absolute Gasteiger partial charge is 0.128 e. The van der Waals surface area contributed by atoms with Crippen molar-refractivity contribution in [3.05, 3.63) is 30.5 Å². The van der Waals surface area contributed by atoms with E-state index >= 15 is 0 Å². The van der Waals surface area contributed by atoms with Gasteiger partial charge in [0, 0.05) is 19.3 Å². The van der Waals surface area contributed by atoms with Crippen LogP contribution in [0, 0.1) is 0 Å². The molecule has 0 radical (unpaired) electrons. The zero-order chi connectivity index (χ0) is 10.7. The maximum atomic E-state index is 4.49. The van der Waals surface area contributed by atoms with Gasteiger partial charge in [0.2, 0.25) is 0 Å². The molecule has 0 unspecified atom stereocenters. The molecule has 0 spiro atoms. The first-order valence-corrected chi connectivity index (χ1v) is 5.64. The average Bonchev–Trinajstić information content (AvgIpc) is 2.30. The first kappa shape index (κ1) is 10.2. The standard InChI is InChI=1S/C13H18N2/c1-11(2)12-6-7-13(14-10-12)15-8-4-3-5-9-15/h6-7,10H,1,3-5,8-9H2,2H3. The van der Waals surface area contributed by atoms with Gasteiger partial charge in [0.05, 0.1) is 0 Å². The Morgan fingerprint density at radius 1 is 1.27 bits per heavy atom. The molecule has 0 N–H and O–H groups in total. The van der Waals surface area contributed by atoms with Gasteiger partial charge in [0.1, 0.15) is 5.82 Å². The highest BCUT2D eigenvalue weighted by molar-refractivity contribution is 5.61. The van der Waals surface area contributed by atoms with Crippen molar-refractivity contribution in [2.45, 2.75) is 26.2 Å². The minimum Gasteiger partial charge on any atom is -0.357 e. The van der Waals surface area contributed by atoms with Crippen LogP contribution in [0.2, 0.25) is 0 Å². The van der Waals surface area contributed by atoms with Gasteiger partial charge < -0.3 is 4.90 Å². The molecule has 0 aliphatic carbocycles. The number of hydrogen-bond acceptors (Lipinski definition) is 2. The van der Waals surface area contributed by atoms with Gasteiger partial charge in [0.25, 0.3) is 0 Å². The molecule has 2 heterocycles. The van der Waals surface area contributed by atoms with E-state index in [0.717, 1.165) is 30.0 Å². The van der Waals surface area contributed by atoms with Crippen LogP contribution < -0.4 is 4.90 Å². The maximum absolute atomic E-state index is 4.49. The average molecular weight is 202 g/mol. The predicted octanol–water partition coefficient (Wildman–Crippen LogP) is 3.11. The second kappa shape index (κ2) is 4.47. The third kappa shape index (κ3) is 2.38. The molecule has 1 fully saturated rings. The van der Waals surface area contributed by atoms with Gasteiger partial charge in [-0.05, 0) is 49.5 Å². The van der Waals surface area contributed by atoms with Crippen LogP contribution in [0.5, 0.6) is 0 Å². The highest BCUT2D eigenvalue weighted by atomic mass is 15.2. The van der Waals surface area contributed by atoms with E-state index in [2.05, 4.69) is 28.6 Å². The Kier molecular flexibility index (Phi) is 3.05. The molecule has 2 rings (SSSR count). The molecule has 0 atom stereocenters. The SMILES string of the molecule is C=C(C)c1ccc(N2CCCCC2)nc1. The van der Waals surface area contributed by atoms with Crippen LogP contribution in [0.3, 0.4) is 0 Å². The fourth-order valence-corrected chi connectivity index (χ4v) is 1.95. The van der Waals surface area contributed by atoms with Crippen molar-refractivity contribution in [2.24, 2.45) is 0 Å². The van der Waals surface area contributed by atoms with E-state index in [9.17, 15) is 0 Å². The number of nitrogens with zero attached hydrogens (tertiary/aromatic N) is 2. The number of pyridine rings is 1. The lowest BCUT2D eigenvalue weighted by atomic mass is 10.1. The molecule has 0 amide bonds. The summed E-state index contributed by atoms with van der Waals surface area (Å²) in [5.41, 5.74) is 2.21. The summed E-state index contributed by atoms with van der Waals surface area (Å²) in [5.74, 6) is 1.11. The largest absolute Gasteiger partial charge is 0.357 e. The number of allylic oxidation sites excluding steroid dienone is 1. The van der Waals surface area contributed by atoms with Crippen LogP contribution >= 0.6 is 0 Å². The van der Waals surface area contributed by atoms with Gasteiger partial charge in [-0.15, -0.1) is 0 Å². The van der Waals surface area contributed by atoms with Crippen molar-refractivity contribution in [3.8, 4) is 0 Å². The summed E-state index contributed by atoms with van der Waals surface area (Å²) in [7, 11) is 0. The molecule has 0 saturated carbocycles. The molecule has 80 valence electrons. The summed E-state index contributed by atoms with van der Waals surface area (Å²) in [4.78, 5) is 6.86. The Morgan fingerprint density at radius 3 is 2.53 bits per heavy atom. The van der Waals surface area contributed by atoms with Gasteiger partial charge in [-0.3, -0.25) is 0 Å². The molecular weight excluding hydrogens is 184 g/mol. The van der Waals surface area contributed by atoms with Crippen LogP contribution in [0.1, 0.15) is 31.7 Å². The third-order valence-corrected chi connectivity index (χ3v) is 2.92. The van der Waals surface area contributed by atoms with Gasteiger partial charge in [-0.2, -0.15) is 0 Å². The number of anilines is 1. The topological polar surface area (TPSA) is 16.1 Å². The fraction of sp³-hybridized carbons (Fsp3) is 0.462. The molecule has 1 aromatic heterocycles. The number of hydrogen-bond donors (Lipinski definition) is 0. The lowest BCUT2D eigenvalue weighted by molar-refractivity contribution is 0.573. The van der Waals surface area contributed by atoms with E-state index in [1.54, 1.807) is 0 Å². The fourth-order valence-electron chi connectivity index (χ4n) is 1.95. The Labute approximate surface area is 91.6 Å². The van der Waals surface area contributed by atoms with E-state index in [1.165, 1.54) is 19.3 Å². The van der Waals surface area contributed by atoms with Crippen LogP contribution in [0.4, 0.5) is 5.82 Å². The Bertz CT molecular complexity index is 334. The van der Waals surface area contributed by atoms with Crippen LogP contribution in [-0.2, 0) is 0 Å². The minimum absolute atomic E-state index is 1.08. The molecule has 15 heavy (non-hydrogen) atoms. The highest BCUT2D eigenvalue weighted by Gasteiger charge is 2.11. The predicted molar refractivity (Wildman–Crippen MR) is 65.0 cm³/mol. The molecule has 1 aliphatic heterocycles. The Hall–Kier alpha value is -1.31. The maximum Gasteiger partial charge on any atom is 0.128 e. The summed E-state index contributed by atoms with van der Waals surface area (Å²) in [6, 6.07) is 4.22. The molecule has 0 bridgehead atoms. The lowest BCUT2D eigenvalue weighted by Gasteiger charge is -2.27. The summed E-state index contributed by atoms with van der Waals surface area (Å²) in [6.07, 6.45) is 5.88. The van der Waals surface area contributed by atoms with E-state index in [-0.39, 0.29) is 0 Å². The quantitative estimate of drug-likeness (QED) is 0.732. The van der Waals surface area contributed by atoms with Gasteiger partial charge in [-0.25, -0.2) is 4.98 Å². The monoisotopic (exact) mass is 202 g/mol. The lowest BCUT2D eigenvalue weighted by Crippen LogP contribution is -2.30. The normalized spacial score (nSPS) is 16.5. The summed E-state index contributed by atoms with van der Waals surface area (Å²) in [5, 5.41) is 0. The van der Waals surface area contributed by atoms with Gasteiger partial charge >= 0.3 is 0 Å². The van der Waals surface area contributed by atoms with E-state index in [1.807, 2.05) is 13.1 Å². The van der Waals surface area contributed by atoms with Crippen LogP contribution in [0.25, 0.3) is 5.57 Å². The van der Waals surface area contributed by atoms with Crippen molar-refractivity contribution >= 4 is 11.4 Å². The Balaban J connectivity index is 2.11. The van der Waals surface area contributed by atoms with Gasteiger partial charge in [-0.1, -0.05) is 6.58 Å². The van der Waals surface area contributed by atoms with Crippen molar-refractivity contribution in [3.63, 3.8) is 0 Å². The number of rotatable bonds is 2. The molecule has 1 saturated heterocycles. The first-order chi connectivity index (χ1) is 7.27. The second-order valence-electron chi connectivity index (χ2n) is 4.23. The van der Waals surface area contributed by atoms with Crippen molar-refractivity contribution in [2.75, 3.05) is 18.0 Å². The zero-order valence-electron chi connectivity index (χ0n) is 9.37. The van der Waals surface area contributed by atoms with Crippen molar-refractivity contribution in [1.82, 2.24) is 4.98 Å². The van der Waals surface area contributed by atoms with Crippen molar-refractivity contribution < 1.29 is 0 Å². The molecule has 1 aromatic rings. The highest BCUT2D eigenvalue weighted by Crippen LogP contribution is 2.19. The van der Waals surface area contributed by atoms with E-state index < -0.39 is 0 Å². The van der Waals surface area contributed by atoms with Crippen LogP contribution in [-0.4, -0.2) is 18.1 Å². The molecule has 2 heteroatoms. The Morgan fingerprint density at radius 2 is 2.00 bits per heavy atom. The zero-order valence-corrected chi connectivity index (χ0v) is 9.37. The number of aromatic nitrogens is 1.